The molecule has 0 aromatic heterocycles. The fourth-order valence-corrected chi connectivity index (χ4v) is 1.98. The molecule has 2 rings (SSSR count). The highest BCUT2D eigenvalue weighted by molar-refractivity contribution is 5.32. The SMILES string of the molecule is N#CCC(NCc1ccccc1O)c1ccccc1. The molecular weight excluding hydrogens is 236 g/mol. The second kappa shape index (κ2) is 6.58. The fraction of sp³-hybridized carbons (Fsp3) is 0.188. The lowest BCUT2D eigenvalue weighted by Crippen LogP contribution is -2.20. The van der Waals surface area contributed by atoms with Crippen LogP contribution in [0.5, 0.6) is 5.75 Å². The van der Waals surface area contributed by atoms with E-state index in [4.69, 9.17) is 5.26 Å². The third-order valence-corrected chi connectivity index (χ3v) is 3.03. The maximum absolute atomic E-state index is 9.72. The first-order chi connectivity index (χ1) is 9.31. The van der Waals surface area contributed by atoms with E-state index in [2.05, 4.69) is 11.4 Å². The van der Waals surface area contributed by atoms with Crippen molar-refractivity contribution < 1.29 is 5.11 Å². The second-order valence-electron chi connectivity index (χ2n) is 4.34. The van der Waals surface area contributed by atoms with Gasteiger partial charge >= 0.3 is 0 Å². The quantitative estimate of drug-likeness (QED) is 0.859. The van der Waals surface area contributed by atoms with Gasteiger partial charge in [-0.25, -0.2) is 0 Å². The Labute approximate surface area is 113 Å². The van der Waals surface area contributed by atoms with Crippen molar-refractivity contribution in [2.75, 3.05) is 0 Å². The van der Waals surface area contributed by atoms with Gasteiger partial charge in [-0.05, 0) is 11.6 Å². The number of hydrogen-bond donors (Lipinski definition) is 2. The van der Waals surface area contributed by atoms with Crippen LogP contribution in [0.4, 0.5) is 0 Å². The lowest BCUT2D eigenvalue weighted by molar-refractivity contribution is 0.458. The molecule has 0 amide bonds. The second-order valence-corrected chi connectivity index (χ2v) is 4.34. The highest BCUT2D eigenvalue weighted by atomic mass is 16.3. The fourth-order valence-electron chi connectivity index (χ4n) is 1.98. The van der Waals surface area contributed by atoms with Crippen LogP contribution in [0.1, 0.15) is 23.6 Å². The first kappa shape index (κ1) is 13.1. The van der Waals surface area contributed by atoms with Gasteiger partial charge in [-0.15, -0.1) is 0 Å². The normalized spacial score (nSPS) is 11.7. The minimum Gasteiger partial charge on any atom is -0.508 e. The number of nitriles is 1. The van der Waals surface area contributed by atoms with E-state index in [0.29, 0.717) is 13.0 Å². The summed E-state index contributed by atoms with van der Waals surface area (Å²) in [6.07, 6.45) is 0.400. The summed E-state index contributed by atoms with van der Waals surface area (Å²) in [6.45, 7) is 0.536. The number of benzene rings is 2. The molecule has 0 aliphatic carbocycles. The summed E-state index contributed by atoms with van der Waals surface area (Å²) in [7, 11) is 0. The van der Waals surface area contributed by atoms with Crippen molar-refractivity contribution in [3.8, 4) is 11.8 Å². The molecule has 0 bridgehead atoms. The molecule has 3 nitrogen and oxygen atoms in total. The lowest BCUT2D eigenvalue weighted by atomic mass is 10.0. The first-order valence-corrected chi connectivity index (χ1v) is 6.23. The van der Waals surface area contributed by atoms with E-state index >= 15 is 0 Å². The molecule has 2 aromatic carbocycles. The number of rotatable bonds is 5. The summed E-state index contributed by atoms with van der Waals surface area (Å²) in [5.74, 6) is 0.277. The van der Waals surface area contributed by atoms with Gasteiger partial charge in [0.05, 0.1) is 12.5 Å². The van der Waals surface area contributed by atoms with Crippen LogP contribution in [0.2, 0.25) is 0 Å². The number of nitrogens with one attached hydrogen (secondary N) is 1. The molecule has 2 N–H and O–H groups in total. The summed E-state index contributed by atoms with van der Waals surface area (Å²) in [6, 6.07) is 19.3. The highest BCUT2D eigenvalue weighted by Crippen LogP contribution is 2.19. The number of aromatic hydroxyl groups is 1. The van der Waals surface area contributed by atoms with Gasteiger partial charge in [-0.3, -0.25) is 0 Å². The molecule has 19 heavy (non-hydrogen) atoms. The van der Waals surface area contributed by atoms with Crippen molar-refractivity contribution in [2.24, 2.45) is 0 Å². The van der Waals surface area contributed by atoms with Crippen LogP contribution in [0.25, 0.3) is 0 Å². The zero-order chi connectivity index (χ0) is 13.5. The minimum atomic E-state index is -0.0224. The topological polar surface area (TPSA) is 56.0 Å². The highest BCUT2D eigenvalue weighted by Gasteiger charge is 2.10. The first-order valence-electron chi connectivity index (χ1n) is 6.23. The molecule has 0 fully saturated rings. The molecule has 0 heterocycles. The maximum Gasteiger partial charge on any atom is 0.120 e. The molecule has 96 valence electrons. The largest absolute Gasteiger partial charge is 0.508 e. The van der Waals surface area contributed by atoms with Crippen LogP contribution >= 0.6 is 0 Å². The average Bonchev–Trinajstić information content (AvgIpc) is 2.46. The monoisotopic (exact) mass is 252 g/mol. The average molecular weight is 252 g/mol. The predicted octanol–water partition coefficient (Wildman–Crippen LogP) is 3.14. The predicted molar refractivity (Wildman–Crippen MR) is 74.4 cm³/mol. The van der Waals surface area contributed by atoms with Gasteiger partial charge in [0, 0.05) is 18.2 Å². The van der Waals surface area contributed by atoms with E-state index in [1.54, 1.807) is 12.1 Å². The van der Waals surface area contributed by atoms with Crippen molar-refractivity contribution in [1.82, 2.24) is 5.32 Å². The Balaban J connectivity index is 2.07. The summed E-state index contributed by atoms with van der Waals surface area (Å²) < 4.78 is 0. The Morgan fingerprint density at radius 3 is 2.42 bits per heavy atom. The molecular formula is C16H16N2O. The van der Waals surface area contributed by atoms with E-state index < -0.39 is 0 Å². The number of para-hydroxylation sites is 1. The summed E-state index contributed by atoms with van der Waals surface area (Å²) in [4.78, 5) is 0. The summed E-state index contributed by atoms with van der Waals surface area (Å²) >= 11 is 0. The van der Waals surface area contributed by atoms with Crippen LogP contribution < -0.4 is 5.32 Å². The molecule has 0 saturated heterocycles. The smallest absolute Gasteiger partial charge is 0.120 e. The van der Waals surface area contributed by atoms with E-state index in [1.165, 1.54) is 0 Å². The maximum atomic E-state index is 9.72. The van der Waals surface area contributed by atoms with Crippen LogP contribution in [-0.2, 0) is 6.54 Å². The number of nitrogens with zero attached hydrogens (tertiary/aromatic N) is 1. The van der Waals surface area contributed by atoms with Gasteiger partial charge in [0.1, 0.15) is 5.75 Å². The number of hydrogen-bond acceptors (Lipinski definition) is 3. The van der Waals surface area contributed by atoms with Crippen LogP contribution in [0.15, 0.2) is 54.6 Å². The lowest BCUT2D eigenvalue weighted by Gasteiger charge is -2.16. The standard InChI is InChI=1S/C16H16N2O/c17-11-10-15(13-6-2-1-3-7-13)18-12-14-8-4-5-9-16(14)19/h1-9,15,18-19H,10,12H2. The van der Waals surface area contributed by atoms with Crippen LogP contribution in [0, 0.1) is 11.3 Å². The molecule has 1 atom stereocenters. The molecule has 2 aromatic rings. The number of phenolic OH excluding ortho intramolecular Hbond substituents is 1. The Hall–Kier alpha value is -2.31. The van der Waals surface area contributed by atoms with Crippen molar-refractivity contribution in [2.45, 2.75) is 19.0 Å². The van der Waals surface area contributed by atoms with E-state index in [-0.39, 0.29) is 11.8 Å². The molecule has 0 spiro atoms. The van der Waals surface area contributed by atoms with E-state index in [0.717, 1.165) is 11.1 Å². The molecule has 1 unspecified atom stereocenters. The van der Waals surface area contributed by atoms with Crippen LogP contribution in [0.3, 0.4) is 0 Å². The number of phenols is 1. The zero-order valence-corrected chi connectivity index (χ0v) is 10.6. The Morgan fingerprint density at radius 2 is 1.74 bits per heavy atom. The summed E-state index contributed by atoms with van der Waals surface area (Å²) in [5.41, 5.74) is 1.92. The molecule has 0 saturated carbocycles. The third kappa shape index (κ3) is 3.57. The minimum absolute atomic E-state index is 0.0224. The van der Waals surface area contributed by atoms with E-state index in [1.807, 2.05) is 42.5 Å². The Kier molecular flexibility index (Phi) is 4.54. The molecule has 0 aliphatic rings. The van der Waals surface area contributed by atoms with Gasteiger partial charge in [-0.1, -0.05) is 48.5 Å². The van der Waals surface area contributed by atoms with E-state index in [9.17, 15) is 5.11 Å². The van der Waals surface area contributed by atoms with Gasteiger partial charge in [0.15, 0.2) is 0 Å². The summed E-state index contributed by atoms with van der Waals surface area (Å²) in [5, 5.41) is 21.9. The Morgan fingerprint density at radius 1 is 1.05 bits per heavy atom. The molecule has 0 radical (unpaired) electrons. The van der Waals surface area contributed by atoms with Gasteiger partial charge < -0.3 is 10.4 Å². The zero-order valence-electron chi connectivity index (χ0n) is 10.6. The molecule has 0 aliphatic heterocycles. The van der Waals surface area contributed by atoms with Crippen molar-refractivity contribution in [3.63, 3.8) is 0 Å². The van der Waals surface area contributed by atoms with Crippen LogP contribution in [-0.4, -0.2) is 5.11 Å². The van der Waals surface area contributed by atoms with Crippen molar-refractivity contribution in [3.05, 3.63) is 65.7 Å². The van der Waals surface area contributed by atoms with Gasteiger partial charge in [-0.2, -0.15) is 5.26 Å². The molecule has 3 heteroatoms. The van der Waals surface area contributed by atoms with Gasteiger partial charge in [0.25, 0.3) is 0 Å². The third-order valence-electron chi connectivity index (χ3n) is 3.03. The Bertz CT molecular complexity index is 560. The van der Waals surface area contributed by atoms with Gasteiger partial charge in [0.2, 0.25) is 0 Å². The van der Waals surface area contributed by atoms with Crippen molar-refractivity contribution >= 4 is 0 Å². The van der Waals surface area contributed by atoms with Crippen molar-refractivity contribution in [1.29, 1.82) is 5.26 Å².